The van der Waals surface area contributed by atoms with Crippen molar-refractivity contribution < 1.29 is 8.42 Å². The molecule has 4 nitrogen and oxygen atoms in total. The molecule has 1 N–H and O–H groups in total. The quantitative estimate of drug-likeness (QED) is 0.556. The molecule has 0 aliphatic carbocycles. The first kappa shape index (κ1) is 22.1. The Bertz CT molecular complexity index is 1100. The molecule has 0 radical (unpaired) electrons. The third-order valence-corrected chi connectivity index (χ3v) is 7.12. The number of halogens is 2. The fourth-order valence-corrected chi connectivity index (χ4v) is 5.31. The van der Waals surface area contributed by atoms with E-state index in [4.69, 9.17) is 11.6 Å². The van der Waals surface area contributed by atoms with Crippen molar-refractivity contribution in [3.8, 4) is 0 Å². The molecule has 0 aromatic heterocycles. The lowest BCUT2D eigenvalue weighted by Crippen LogP contribution is -2.33. The molecule has 0 amide bonds. The molecular formula is C22H24Cl2N2O2S. The average Bonchev–Trinajstić information content (AvgIpc) is 2.71. The van der Waals surface area contributed by atoms with Crippen molar-refractivity contribution in [1.29, 1.82) is 0 Å². The molecule has 0 saturated heterocycles. The highest BCUT2D eigenvalue weighted by Gasteiger charge is 2.19. The minimum atomic E-state index is -3.58. The van der Waals surface area contributed by atoms with Gasteiger partial charge < -0.3 is 0 Å². The Balaban J connectivity index is 0.00000240. The van der Waals surface area contributed by atoms with Crippen LogP contribution >= 0.6 is 24.0 Å². The highest BCUT2D eigenvalue weighted by Crippen LogP contribution is 2.29. The Hall–Kier alpha value is -1.63. The third-order valence-electron chi connectivity index (χ3n) is 5.27. The van der Waals surface area contributed by atoms with E-state index in [0.717, 1.165) is 37.9 Å². The van der Waals surface area contributed by atoms with Gasteiger partial charge in [-0.2, -0.15) is 0 Å². The first-order valence-electron chi connectivity index (χ1n) is 9.51. The third kappa shape index (κ3) is 4.93. The topological polar surface area (TPSA) is 49.4 Å². The first-order valence-corrected chi connectivity index (χ1v) is 11.4. The number of benzene rings is 3. The Morgan fingerprint density at radius 2 is 1.62 bits per heavy atom. The summed E-state index contributed by atoms with van der Waals surface area (Å²) in [7, 11) is -3.58. The number of nitrogens with one attached hydrogen (secondary N) is 1. The number of sulfonamides is 1. The summed E-state index contributed by atoms with van der Waals surface area (Å²) in [6.07, 6.45) is 1.82. The second-order valence-electron chi connectivity index (χ2n) is 7.14. The molecule has 1 heterocycles. The minimum absolute atomic E-state index is 0. The zero-order chi connectivity index (χ0) is 19.6. The van der Waals surface area contributed by atoms with Crippen LogP contribution in [-0.2, 0) is 23.0 Å². The van der Waals surface area contributed by atoms with E-state index in [2.05, 4.69) is 33.9 Å². The minimum Gasteiger partial charge on any atom is -0.299 e. The average molecular weight is 451 g/mol. The Labute approximate surface area is 183 Å². The van der Waals surface area contributed by atoms with Crippen LogP contribution in [0, 0.1) is 0 Å². The normalized spacial score (nSPS) is 14.4. The highest BCUT2D eigenvalue weighted by molar-refractivity contribution is 7.89. The SMILES string of the molecule is Cl.O=S(=O)(NCCCN1CCc2ccccc2C1)c1ccc(Cl)c2ccccc12. The maximum Gasteiger partial charge on any atom is 0.241 e. The Kier molecular flexibility index (Phi) is 7.19. The summed E-state index contributed by atoms with van der Waals surface area (Å²) >= 11 is 6.21. The van der Waals surface area contributed by atoms with Crippen molar-refractivity contribution in [1.82, 2.24) is 9.62 Å². The van der Waals surface area contributed by atoms with E-state index in [9.17, 15) is 8.42 Å². The predicted octanol–water partition coefficient (Wildman–Crippen LogP) is 4.64. The summed E-state index contributed by atoms with van der Waals surface area (Å²) in [6, 6.07) is 19.1. The molecule has 3 aromatic rings. The molecule has 0 unspecified atom stereocenters. The van der Waals surface area contributed by atoms with Crippen LogP contribution in [0.15, 0.2) is 65.6 Å². The zero-order valence-corrected chi connectivity index (χ0v) is 18.4. The largest absolute Gasteiger partial charge is 0.299 e. The molecule has 29 heavy (non-hydrogen) atoms. The molecule has 3 aromatic carbocycles. The predicted molar refractivity (Wildman–Crippen MR) is 121 cm³/mol. The molecule has 0 bridgehead atoms. The van der Waals surface area contributed by atoms with Gasteiger partial charge in [-0.05, 0) is 42.6 Å². The van der Waals surface area contributed by atoms with Crippen LogP contribution in [0.5, 0.6) is 0 Å². The van der Waals surface area contributed by atoms with Crippen LogP contribution in [0.3, 0.4) is 0 Å². The van der Waals surface area contributed by atoms with Gasteiger partial charge in [-0.25, -0.2) is 13.1 Å². The molecule has 7 heteroatoms. The molecule has 1 aliphatic heterocycles. The smallest absolute Gasteiger partial charge is 0.241 e. The monoisotopic (exact) mass is 450 g/mol. The lowest BCUT2D eigenvalue weighted by atomic mass is 10.00. The van der Waals surface area contributed by atoms with E-state index in [1.807, 2.05) is 18.2 Å². The molecule has 0 atom stereocenters. The van der Waals surface area contributed by atoms with Gasteiger partial charge in [-0.3, -0.25) is 4.90 Å². The van der Waals surface area contributed by atoms with E-state index >= 15 is 0 Å². The first-order chi connectivity index (χ1) is 13.5. The molecule has 154 valence electrons. The standard InChI is InChI=1S/C22H23ClN2O2S.ClH/c23-21-10-11-22(20-9-4-3-8-19(20)21)28(26,27)24-13-5-14-25-15-12-17-6-1-2-7-18(17)16-25;/h1-4,6-11,24H,5,12-16H2;1H. The van der Waals surface area contributed by atoms with Crippen molar-refractivity contribution in [3.05, 3.63) is 76.8 Å². The highest BCUT2D eigenvalue weighted by atomic mass is 35.5. The maximum absolute atomic E-state index is 12.8. The fraction of sp³-hybridized carbons (Fsp3) is 0.273. The molecule has 1 aliphatic rings. The summed E-state index contributed by atoms with van der Waals surface area (Å²) in [6.45, 7) is 3.24. The van der Waals surface area contributed by atoms with Crippen LogP contribution < -0.4 is 4.72 Å². The van der Waals surface area contributed by atoms with Gasteiger partial charge in [0.15, 0.2) is 0 Å². The van der Waals surface area contributed by atoms with Crippen molar-refractivity contribution in [2.24, 2.45) is 0 Å². The van der Waals surface area contributed by atoms with Gasteiger partial charge in [0.25, 0.3) is 0 Å². The van der Waals surface area contributed by atoms with Gasteiger partial charge in [0.2, 0.25) is 10.0 Å². The molecule has 0 fully saturated rings. The van der Waals surface area contributed by atoms with Crippen molar-refractivity contribution >= 4 is 44.8 Å². The summed E-state index contributed by atoms with van der Waals surface area (Å²) in [4.78, 5) is 2.66. The van der Waals surface area contributed by atoms with Crippen LogP contribution in [0.4, 0.5) is 0 Å². The number of rotatable bonds is 6. The summed E-state index contributed by atoms with van der Waals surface area (Å²) in [5.41, 5.74) is 2.80. The van der Waals surface area contributed by atoms with Crippen LogP contribution in [0.1, 0.15) is 17.5 Å². The van der Waals surface area contributed by atoms with Crippen molar-refractivity contribution in [2.45, 2.75) is 24.3 Å². The molecular weight excluding hydrogens is 427 g/mol. The second kappa shape index (κ2) is 9.45. The van der Waals surface area contributed by atoms with Gasteiger partial charge in [-0.15, -0.1) is 12.4 Å². The van der Waals surface area contributed by atoms with Crippen LogP contribution in [-0.4, -0.2) is 33.0 Å². The van der Waals surface area contributed by atoms with E-state index in [-0.39, 0.29) is 17.3 Å². The Morgan fingerprint density at radius 3 is 2.41 bits per heavy atom. The van der Waals surface area contributed by atoms with E-state index in [1.54, 1.807) is 18.2 Å². The molecule has 4 rings (SSSR count). The summed E-state index contributed by atoms with van der Waals surface area (Å²) in [5, 5.41) is 1.95. The molecule has 0 saturated carbocycles. The number of fused-ring (bicyclic) bond motifs is 2. The second-order valence-corrected chi connectivity index (χ2v) is 9.28. The van der Waals surface area contributed by atoms with Crippen LogP contribution in [0.2, 0.25) is 5.02 Å². The van der Waals surface area contributed by atoms with Crippen molar-refractivity contribution in [3.63, 3.8) is 0 Å². The summed E-state index contributed by atoms with van der Waals surface area (Å²) < 4.78 is 28.4. The van der Waals surface area contributed by atoms with Gasteiger partial charge in [0, 0.05) is 35.4 Å². The Morgan fingerprint density at radius 1 is 0.931 bits per heavy atom. The number of hydrogen-bond donors (Lipinski definition) is 1. The number of hydrogen-bond acceptors (Lipinski definition) is 3. The fourth-order valence-electron chi connectivity index (χ4n) is 3.80. The van der Waals surface area contributed by atoms with E-state index in [0.29, 0.717) is 17.0 Å². The zero-order valence-electron chi connectivity index (χ0n) is 16.0. The van der Waals surface area contributed by atoms with Gasteiger partial charge in [0.1, 0.15) is 0 Å². The van der Waals surface area contributed by atoms with E-state index in [1.165, 1.54) is 11.1 Å². The lowest BCUT2D eigenvalue weighted by molar-refractivity contribution is 0.251. The molecule has 0 spiro atoms. The van der Waals surface area contributed by atoms with Crippen LogP contribution in [0.25, 0.3) is 10.8 Å². The van der Waals surface area contributed by atoms with Gasteiger partial charge in [-0.1, -0.05) is 60.1 Å². The van der Waals surface area contributed by atoms with Gasteiger partial charge in [0.05, 0.1) is 4.90 Å². The van der Waals surface area contributed by atoms with Gasteiger partial charge >= 0.3 is 0 Å². The lowest BCUT2D eigenvalue weighted by Gasteiger charge is -2.28. The number of nitrogens with zero attached hydrogens (tertiary/aromatic N) is 1. The van der Waals surface area contributed by atoms with Crippen molar-refractivity contribution in [2.75, 3.05) is 19.6 Å². The maximum atomic E-state index is 12.8. The summed E-state index contributed by atoms with van der Waals surface area (Å²) in [5.74, 6) is 0. The van der Waals surface area contributed by atoms with E-state index < -0.39 is 10.0 Å².